The lowest BCUT2D eigenvalue weighted by Crippen LogP contribution is -2.23. The zero-order chi connectivity index (χ0) is 21.7. The molecule has 0 saturated heterocycles. The van der Waals surface area contributed by atoms with Crippen LogP contribution in [0, 0.1) is 21.4 Å². The number of amides is 1. The number of rotatable bonds is 6. The van der Waals surface area contributed by atoms with Crippen LogP contribution in [0.15, 0.2) is 64.6 Å². The number of nitriles is 1. The van der Waals surface area contributed by atoms with Crippen molar-refractivity contribution in [3.63, 3.8) is 0 Å². The van der Waals surface area contributed by atoms with Crippen LogP contribution < -0.4 is 5.32 Å². The van der Waals surface area contributed by atoms with Crippen molar-refractivity contribution in [3.05, 3.63) is 91.7 Å². The van der Waals surface area contributed by atoms with Gasteiger partial charge in [-0.2, -0.15) is 5.26 Å². The van der Waals surface area contributed by atoms with Crippen LogP contribution in [0.1, 0.15) is 11.3 Å². The first-order valence-corrected chi connectivity index (χ1v) is 9.32. The summed E-state index contributed by atoms with van der Waals surface area (Å²) in [6.07, 6.45) is 1.28. The number of hydrogen-bond acceptors (Lipinski definition) is 5. The Labute approximate surface area is 181 Å². The fourth-order valence-corrected chi connectivity index (χ4v) is 3.15. The minimum atomic E-state index is -0.628. The molecule has 0 atom stereocenters. The molecule has 0 spiro atoms. The van der Waals surface area contributed by atoms with Crippen LogP contribution in [0.25, 0.3) is 17.4 Å². The second-order valence-electron chi connectivity index (χ2n) is 6.08. The molecule has 0 aliphatic heterocycles. The maximum absolute atomic E-state index is 12.3. The second-order valence-corrected chi connectivity index (χ2v) is 6.90. The average molecular weight is 442 g/mol. The minimum Gasteiger partial charge on any atom is -0.457 e. The quantitative estimate of drug-likeness (QED) is 0.238. The molecule has 30 heavy (non-hydrogen) atoms. The zero-order valence-corrected chi connectivity index (χ0v) is 16.8. The highest BCUT2D eigenvalue weighted by Crippen LogP contribution is 2.37. The van der Waals surface area contributed by atoms with Gasteiger partial charge in [0.25, 0.3) is 11.6 Å². The van der Waals surface area contributed by atoms with Gasteiger partial charge in [-0.3, -0.25) is 14.9 Å². The zero-order valence-electron chi connectivity index (χ0n) is 15.3. The van der Waals surface area contributed by atoms with E-state index in [1.54, 1.807) is 0 Å². The molecule has 1 aromatic heterocycles. The van der Waals surface area contributed by atoms with Crippen LogP contribution in [-0.4, -0.2) is 10.8 Å². The molecule has 7 nitrogen and oxygen atoms in total. The Kier molecular flexibility index (Phi) is 6.52. The van der Waals surface area contributed by atoms with Gasteiger partial charge in [0, 0.05) is 24.3 Å². The number of nitro benzene ring substituents is 1. The number of carbonyl (C=O) groups is 1. The molecule has 0 unspecified atom stereocenters. The van der Waals surface area contributed by atoms with Gasteiger partial charge in [-0.15, -0.1) is 0 Å². The fourth-order valence-electron chi connectivity index (χ4n) is 2.61. The van der Waals surface area contributed by atoms with Crippen molar-refractivity contribution >= 4 is 40.9 Å². The van der Waals surface area contributed by atoms with E-state index in [1.165, 1.54) is 30.3 Å². The summed E-state index contributed by atoms with van der Waals surface area (Å²) in [4.78, 5) is 22.8. The molecule has 1 N–H and O–H groups in total. The van der Waals surface area contributed by atoms with E-state index in [9.17, 15) is 20.2 Å². The number of nitrogens with zero attached hydrogens (tertiary/aromatic N) is 2. The molecule has 0 saturated carbocycles. The lowest BCUT2D eigenvalue weighted by atomic mass is 10.1. The molecule has 0 bridgehead atoms. The van der Waals surface area contributed by atoms with Gasteiger partial charge < -0.3 is 9.73 Å². The molecule has 150 valence electrons. The van der Waals surface area contributed by atoms with Crippen LogP contribution >= 0.6 is 23.2 Å². The Morgan fingerprint density at radius 2 is 1.90 bits per heavy atom. The average Bonchev–Trinajstić information content (AvgIpc) is 3.19. The number of hydrogen-bond donors (Lipinski definition) is 1. The molecule has 0 radical (unpaired) electrons. The normalized spacial score (nSPS) is 11.0. The molecule has 3 rings (SSSR count). The number of benzene rings is 2. The van der Waals surface area contributed by atoms with Crippen molar-refractivity contribution in [2.45, 2.75) is 6.54 Å². The molecular formula is C21H13Cl2N3O4. The third kappa shape index (κ3) is 4.87. The number of carbonyl (C=O) groups excluding carboxylic acids is 1. The van der Waals surface area contributed by atoms with Gasteiger partial charge in [0.2, 0.25) is 0 Å². The number of nitrogens with one attached hydrogen (secondary N) is 1. The maximum atomic E-state index is 12.3. The molecule has 0 aliphatic carbocycles. The predicted octanol–water partition coefficient (Wildman–Crippen LogP) is 5.38. The third-order valence-corrected chi connectivity index (χ3v) is 4.69. The first-order chi connectivity index (χ1) is 14.4. The first-order valence-electron chi connectivity index (χ1n) is 8.56. The van der Waals surface area contributed by atoms with E-state index in [4.69, 9.17) is 27.6 Å². The van der Waals surface area contributed by atoms with Crippen molar-refractivity contribution in [2.75, 3.05) is 0 Å². The topological polar surface area (TPSA) is 109 Å². The SMILES string of the molecule is N#C/C(=C/c1ccc(-c2cc([N+](=O)[O-])c(Cl)cc2Cl)o1)C(=O)NCc1ccccc1. The summed E-state index contributed by atoms with van der Waals surface area (Å²) < 4.78 is 5.61. The molecule has 2 aromatic carbocycles. The van der Waals surface area contributed by atoms with Crippen LogP contribution in [0.4, 0.5) is 5.69 Å². The third-order valence-electron chi connectivity index (χ3n) is 4.07. The van der Waals surface area contributed by atoms with Crippen molar-refractivity contribution in [2.24, 2.45) is 0 Å². The second kappa shape index (κ2) is 9.27. The summed E-state index contributed by atoms with van der Waals surface area (Å²) in [5.41, 5.74) is 0.685. The van der Waals surface area contributed by atoms with E-state index >= 15 is 0 Å². The molecular weight excluding hydrogens is 429 g/mol. The fraction of sp³-hybridized carbons (Fsp3) is 0.0476. The van der Waals surface area contributed by atoms with E-state index in [1.807, 2.05) is 36.4 Å². The van der Waals surface area contributed by atoms with Crippen molar-refractivity contribution < 1.29 is 14.1 Å². The summed E-state index contributed by atoms with van der Waals surface area (Å²) in [5, 5.41) is 23.2. The van der Waals surface area contributed by atoms with Gasteiger partial charge in [-0.1, -0.05) is 53.5 Å². The molecule has 1 amide bonds. The van der Waals surface area contributed by atoms with Crippen molar-refractivity contribution in [1.29, 1.82) is 5.26 Å². The molecule has 0 fully saturated rings. The summed E-state index contributed by atoms with van der Waals surface area (Å²) >= 11 is 12.0. The molecule has 0 aliphatic rings. The van der Waals surface area contributed by atoms with Gasteiger partial charge in [0.05, 0.1) is 9.95 Å². The van der Waals surface area contributed by atoms with Gasteiger partial charge in [-0.05, 0) is 23.8 Å². The minimum absolute atomic E-state index is 0.0951. The molecule has 3 aromatic rings. The molecule has 1 heterocycles. The van der Waals surface area contributed by atoms with Crippen LogP contribution in [-0.2, 0) is 11.3 Å². The van der Waals surface area contributed by atoms with E-state index in [-0.39, 0.29) is 44.9 Å². The van der Waals surface area contributed by atoms with Gasteiger partial charge in [0.1, 0.15) is 28.2 Å². The van der Waals surface area contributed by atoms with Crippen LogP contribution in [0.3, 0.4) is 0 Å². The molecule has 9 heteroatoms. The Hall–Kier alpha value is -3.60. The highest BCUT2D eigenvalue weighted by molar-refractivity contribution is 6.37. The lowest BCUT2D eigenvalue weighted by Gasteiger charge is -2.04. The predicted molar refractivity (Wildman–Crippen MR) is 113 cm³/mol. The Morgan fingerprint density at radius 3 is 2.57 bits per heavy atom. The smallest absolute Gasteiger partial charge is 0.288 e. The van der Waals surface area contributed by atoms with Gasteiger partial charge in [0.15, 0.2) is 0 Å². The lowest BCUT2D eigenvalue weighted by molar-refractivity contribution is -0.384. The van der Waals surface area contributed by atoms with Gasteiger partial charge >= 0.3 is 0 Å². The van der Waals surface area contributed by atoms with Gasteiger partial charge in [-0.25, -0.2) is 0 Å². The van der Waals surface area contributed by atoms with Crippen molar-refractivity contribution in [3.8, 4) is 17.4 Å². The Balaban J connectivity index is 1.82. The van der Waals surface area contributed by atoms with E-state index in [2.05, 4.69) is 5.32 Å². The highest BCUT2D eigenvalue weighted by Gasteiger charge is 2.19. The van der Waals surface area contributed by atoms with Crippen LogP contribution in [0.2, 0.25) is 10.0 Å². The standard InChI is InChI=1S/C21H13Cl2N3O4/c22-17-10-18(23)19(26(28)29)9-16(17)20-7-6-15(30-20)8-14(11-24)21(27)25-12-13-4-2-1-3-5-13/h1-10H,12H2,(H,25,27)/b14-8-. The monoisotopic (exact) mass is 441 g/mol. The maximum Gasteiger partial charge on any atom is 0.288 e. The van der Waals surface area contributed by atoms with E-state index in [0.717, 1.165) is 5.56 Å². The van der Waals surface area contributed by atoms with Crippen LogP contribution in [0.5, 0.6) is 0 Å². The number of halogens is 2. The van der Waals surface area contributed by atoms with E-state index < -0.39 is 10.8 Å². The summed E-state index contributed by atoms with van der Waals surface area (Å²) in [6, 6.07) is 16.6. The largest absolute Gasteiger partial charge is 0.457 e. The number of furan rings is 1. The Morgan fingerprint density at radius 1 is 1.17 bits per heavy atom. The summed E-state index contributed by atoms with van der Waals surface area (Å²) in [5.74, 6) is -0.113. The summed E-state index contributed by atoms with van der Waals surface area (Å²) in [7, 11) is 0. The van der Waals surface area contributed by atoms with Crippen molar-refractivity contribution in [1.82, 2.24) is 5.32 Å². The summed E-state index contributed by atoms with van der Waals surface area (Å²) in [6.45, 7) is 0.270. The first kappa shape index (κ1) is 21.1. The Bertz CT molecular complexity index is 1180. The number of nitro groups is 1. The van der Waals surface area contributed by atoms with E-state index in [0.29, 0.717) is 0 Å². The highest BCUT2D eigenvalue weighted by atomic mass is 35.5.